The van der Waals surface area contributed by atoms with Gasteiger partial charge in [0.2, 0.25) is 0 Å². The van der Waals surface area contributed by atoms with E-state index in [9.17, 15) is 20.0 Å². The number of non-ortho nitro benzene ring substituents is 1. The predicted molar refractivity (Wildman–Crippen MR) is 133 cm³/mol. The highest BCUT2D eigenvalue weighted by atomic mass is 32.1. The minimum Gasteiger partial charge on any atom is -0.507 e. The Morgan fingerprint density at radius 2 is 1.71 bits per heavy atom. The monoisotopic (exact) mass is 483 g/mol. The van der Waals surface area contributed by atoms with Crippen molar-refractivity contribution in [1.82, 2.24) is 4.98 Å². The lowest BCUT2D eigenvalue weighted by Crippen LogP contribution is -2.11. The van der Waals surface area contributed by atoms with Crippen LogP contribution in [0.2, 0.25) is 0 Å². The Hall–Kier alpha value is -4.76. The van der Waals surface area contributed by atoms with Gasteiger partial charge in [-0.15, -0.1) is 0 Å². The van der Waals surface area contributed by atoms with Crippen molar-refractivity contribution in [2.75, 3.05) is 5.32 Å². The molecule has 2 N–H and O–H groups in total. The molecular formula is C26H17N3O5S. The van der Waals surface area contributed by atoms with Gasteiger partial charge in [-0.05, 0) is 35.2 Å². The summed E-state index contributed by atoms with van der Waals surface area (Å²) in [5.41, 5.74) is 3.15. The lowest BCUT2D eigenvalue weighted by molar-refractivity contribution is -0.384. The fourth-order valence-electron chi connectivity index (χ4n) is 3.69. The molecule has 9 heteroatoms. The molecule has 3 aromatic carbocycles. The number of nitrogens with zero attached hydrogens (tertiary/aromatic N) is 2. The SMILES string of the molecule is O=C(Nc1nc(-c2ccsc2)c(-c2ccccc2-c2ccc([N+](=O)[O-])cc2O)o1)c1ccccc1. The summed E-state index contributed by atoms with van der Waals surface area (Å²) in [5, 5.41) is 28.2. The summed E-state index contributed by atoms with van der Waals surface area (Å²) in [6.07, 6.45) is 0. The van der Waals surface area contributed by atoms with Crippen molar-refractivity contribution < 1.29 is 19.2 Å². The number of rotatable bonds is 6. The number of phenols is 1. The van der Waals surface area contributed by atoms with Crippen LogP contribution in [0.1, 0.15) is 10.4 Å². The van der Waals surface area contributed by atoms with Crippen LogP contribution in [-0.2, 0) is 0 Å². The van der Waals surface area contributed by atoms with Gasteiger partial charge in [-0.3, -0.25) is 20.2 Å². The molecule has 0 atom stereocenters. The summed E-state index contributed by atoms with van der Waals surface area (Å²) in [7, 11) is 0. The summed E-state index contributed by atoms with van der Waals surface area (Å²) in [4.78, 5) is 27.8. The topological polar surface area (TPSA) is 118 Å². The first kappa shape index (κ1) is 22.1. The largest absolute Gasteiger partial charge is 0.507 e. The molecule has 0 aliphatic heterocycles. The van der Waals surface area contributed by atoms with E-state index in [-0.39, 0.29) is 23.4 Å². The quantitative estimate of drug-likeness (QED) is 0.207. The standard InChI is InChI=1S/C26H17N3O5S/c30-22-14-18(29(32)33)10-11-20(22)19-8-4-5-9-21(19)24-23(17-12-13-35-15-17)27-26(34-24)28-25(31)16-6-2-1-3-7-16/h1-15,30H,(H,27,28,31). The Bertz CT molecular complexity index is 1530. The third-order valence-corrected chi connectivity index (χ3v) is 6.02. The van der Waals surface area contributed by atoms with Gasteiger partial charge in [0.1, 0.15) is 11.4 Å². The molecule has 0 bridgehead atoms. The van der Waals surface area contributed by atoms with Crippen LogP contribution in [0.4, 0.5) is 11.7 Å². The summed E-state index contributed by atoms with van der Waals surface area (Å²) in [5.74, 6) is -0.211. The maximum atomic E-state index is 12.7. The van der Waals surface area contributed by atoms with Gasteiger partial charge in [0.15, 0.2) is 5.76 Å². The molecule has 0 aliphatic rings. The zero-order valence-electron chi connectivity index (χ0n) is 18.0. The van der Waals surface area contributed by atoms with Crippen LogP contribution in [0, 0.1) is 10.1 Å². The normalized spacial score (nSPS) is 10.7. The molecule has 5 rings (SSSR count). The van der Waals surface area contributed by atoms with E-state index in [1.165, 1.54) is 23.5 Å². The highest BCUT2D eigenvalue weighted by Gasteiger charge is 2.23. The fourth-order valence-corrected chi connectivity index (χ4v) is 4.33. The van der Waals surface area contributed by atoms with Crippen LogP contribution in [0.5, 0.6) is 5.75 Å². The van der Waals surface area contributed by atoms with Crippen LogP contribution in [-0.4, -0.2) is 20.9 Å². The molecule has 0 saturated heterocycles. The second-order valence-electron chi connectivity index (χ2n) is 7.53. The summed E-state index contributed by atoms with van der Waals surface area (Å²) in [6, 6.07) is 21.7. The highest BCUT2D eigenvalue weighted by molar-refractivity contribution is 7.08. The van der Waals surface area contributed by atoms with Gasteiger partial charge in [0, 0.05) is 33.7 Å². The number of nitro groups is 1. The van der Waals surface area contributed by atoms with Crippen LogP contribution >= 0.6 is 11.3 Å². The summed E-state index contributed by atoms with van der Waals surface area (Å²) < 4.78 is 6.05. The van der Waals surface area contributed by atoms with Gasteiger partial charge in [0.25, 0.3) is 11.6 Å². The predicted octanol–water partition coefficient (Wildman–Crippen LogP) is 6.60. The molecule has 8 nitrogen and oxygen atoms in total. The zero-order chi connectivity index (χ0) is 24.4. The molecule has 0 spiro atoms. The van der Waals surface area contributed by atoms with Crippen LogP contribution < -0.4 is 5.32 Å². The number of hydrogen-bond donors (Lipinski definition) is 2. The Morgan fingerprint density at radius 1 is 0.971 bits per heavy atom. The molecule has 0 aliphatic carbocycles. The maximum Gasteiger partial charge on any atom is 0.302 e. The number of benzene rings is 3. The van der Waals surface area contributed by atoms with E-state index in [1.54, 1.807) is 42.5 Å². The first-order valence-electron chi connectivity index (χ1n) is 10.5. The van der Waals surface area contributed by atoms with Crippen LogP contribution in [0.3, 0.4) is 0 Å². The van der Waals surface area contributed by atoms with Crippen molar-refractivity contribution >= 4 is 28.9 Å². The van der Waals surface area contributed by atoms with Crippen molar-refractivity contribution in [2.45, 2.75) is 0 Å². The van der Waals surface area contributed by atoms with E-state index in [0.717, 1.165) is 11.6 Å². The van der Waals surface area contributed by atoms with E-state index in [0.29, 0.717) is 33.7 Å². The van der Waals surface area contributed by atoms with Crippen LogP contribution in [0.25, 0.3) is 33.7 Å². The maximum absolute atomic E-state index is 12.7. The molecular weight excluding hydrogens is 466 g/mol. The Labute approximate surface area is 203 Å². The second-order valence-corrected chi connectivity index (χ2v) is 8.31. The number of hydrogen-bond acceptors (Lipinski definition) is 7. The Balaban J connectivity index is 1.61. The molecule has 1 amide bonds. The van der Waals surface area contributed by atoms with Gasteiger partial charge in [-0.2, -0.15) is 16.3 Å². The van der Waals surface area contributed by atoms with Gasteiger partial charge in [-0.1, -0.05) is 42.5 Å². The van der Waals surface area contributed by atoms with Gasteiger partial charge in [-0.25, -0.2) is 0 Å². The van der Waals surface area contributed by atoms with E-state index >= 15 is 0 Å². The lowest BCUT2D eigenvalue weighted by atomic mass is 9.95. The van der Waals surface area contributed by atoms with Crippen molar-refractivity contribution in [3.05, 3.63) is 105 Å². The minimum absolute atomic E-state index is 0.0257. The molecule has 0 fully saturated rings. The first-order chi connectivity index (χ1) is 17.0. The first-order valence-corrected chi connectivity index (χ1v) is 11.4. The second kappa shape index (κ2) is 9.24. The van der Waals surface area contributed by atoms with Crippen molar-refractivity contribution in [2.24, 2.45) is 0 Å². The zero-order valence-corrected chi connectivity index (χ0v) is 18.9. The van der Waals surface area contributed by atoms with Gasteiger partial charge >= 0.3 is 6.01 Å². The molecule has 0 saturated carbocycles. The van der Waals surface area contributed by atoms with E-state index in [4.69, 9.17) is 4.42 Å². The van der Waals surface area contributed by atoms with Gasteiger partial charge < -0.3 is 9.52 Å². The fraction of sp³-hybridized carbons (Fsp3) is 0. The third kappa shape index (κ3) is 4.40. The van der Waals surface area contributed by atoms with Gasteiger partial charge in [0.05, 0.1) is 11.0 Å². The molecule has 2 aromatic heterocycles. The number of nitrogens with one attached hydrogen (secondary N) is 1. The van der Waals surface area contributed by atoms with Crippen molar-refractivity contribution in [1.29, 1.82) is 0 Å². The number of carbonyl (C=O) groups excluding carboxylic acids is 1. The Kier molecular flexibility index (Phi) is 5.82. The number of phenolic OH excluding ortho intramolecular Hbond substituents is 1. The van der Waals surface area contributed by atoms with Crippen molar-refractivity contribution in [3.8, 4) is 39.5 Å². The number of carbonyl (C=O) groups is 1. The number of thiophene rings is 1. The van der Waals surface area contributed by atoms with Crippen molar-refractivity contribution in [3.63, 3.8) is 0 Å². The average molecular weight is 484 g/mol. The molecule has 0 unspecified atom stereocenters. The Morgan fingerprint density at radius 3 is 2.40 bits per heavy atom. The summed E-state index contributed by atoms with van der Waals surface area (Å²) in [6.45, 7) is 0. The molecule has 0 radical (unpaired) electrons. The van der Waals surface area contributed by atoms with E-state index < -0.39 is 4.92 Å². The molecule has 2 heterocycles. The number of oxazole rings is 1. The molecule has 5 aromatic rings. The number of amides is 1. The average Bonchev–Trinajstić information content (AvgIpc) is 3.55. The number of aromatic nitrogens is 1. The minimum atomic E-state index is -0.567. The lowest BCUT2D eigenvalue weighted by Gasteiger charge is -2.10. The third-order valence-electron chi connectivity index (χ3n) is 5.33. The smallest absolute Gasteiger partial charge is 0.302 e. The number of anilines is 1. The molecule has 172 valence electrons. The molecule has 35 heavy (non-hydrogen) atoms. The van der Waals surface area contributed by atoms with E-state index in [1.807, 2.05) is 29.0 Å². The number of aromatic hydroxyl groups is 1. The summed E-state index contributed by atoms with van der Waals surface area (Å²) >= 11 is 1.49. The van der Waals surface area contributed by atoms with Crippen LogP contribution in [0.15, 0.2) is 94.0 Å². The highest BCUT2D eigenvalue weighted by Crippen LogP contribution is 2.42. The number of nitro benzene ring substituents is 1. The van der Waals surface area contributed by atoms with E-state index in [2.05, 4.69) is 10.3 Å².